The molecule has 0 saturated heterocycles. The zero-order chi connectivity index (χ0) is 14.8. The third kappa shape index (κ3) is 2.57. The summed E-state index contributed by atoms with van der Waals surface area (Å²) in [4.78, 5) is 0. The van der Waals surface area contributed by atoms with Crippen molar-refractivity contribution in [2.24, 2.45) is 5.92 Å². The molecule has 1 heterocycles. The minimum atomic E-state index is 0.197. The van der Waals surface area contributed by atoms with Crippen LogP contribution in [0.15, 0.2) is 42.5 Å². The number of hydrogen-bond acceptors (Lipinski definition) is 3. The van der Waals surface area contributed by atoms with E-state index in [0.717, 1.165) is 17.0 Å². The first-order chi connectivity index (χ1) is 10.2. The molecule has 0 aromatic heterocycles. The van der Waals surface area contributed by atoms with E-state index in [1.807, 2.05) is 36.4 Å². The van der Waals surface area contributed by atoms with Gasteiger partial charge in [-0.05, 0) is 30.7 Å². The molecule has 21 heavy (non-hydrogen) atoms. The van der Waals surface area contributed by atoms with Crippen molar-refractivity contribution in [2.45, 2.75) is 19.9 Å². The zero-order valence-corrected chi connectivity index (χ0v) is 12.3. The average Bonchev–Trinajstić information content (AvgIpc) is 2.52. The zero-order valence-electron chi connectivity index (χ0n) is 12.3. The molecule has 106 valence electrons. The van der Waals surface area contributed by atoms with Crippen LogP contribution in [0.25, 0.3) is 0 Å². The van der Waals surface area contributed by atoms with Gasteiger partial charge in [0, 0.05) is 17.2 Å². The summed E-state index contributed by atoms with van der Waals surface area (Å²) in [6.07, 6.45) is 0. The predicted octanol–water partition coefficient (Wildman–Crippen LogP) is 4.05. The third-order valence-electron chi connectivity index (χ3n) is 4.00. The summed E-state index contributed by atoms with van der Waals surface area (Å²) in [7, 11) is 0. The van der Waals surface area contributed by atoms with Gasteiger partial charge in [-0.3, -0.25) is 0 Å². The Hall–Kier alpha value is -2.47. The van der Waals surface area contributed by atoms with Gasteiger partial charge in [-0.15, -0.1) is 0 Å². The van der Waals surface area contributed by atoms with E-state index in [1.54, 1.807) is 0 Å². The number of aryl methyl sites for hydroxylation is 1. The Labute approximate surface area is 125 Å². The van der Waals surface area contributed by atoms with Crippen molar-refractivity contribution in [3.63, 3.8) is 0 Å². The molecule has 2 aromatic rings. The molecule has 0 fully saturated rings. The SMILES string of the molecule is Cc1ccc(C#N)cc1NC1c2ccccc2OCC1C. The Bertz CT molecular complexity index is 703. The summed E-state index contributed by atoms with van der Waals surface area (Å²) in [5.74, 6) is 1.31. The topological polar surface area (TPSA) is 45.0 Å². The molecule has 2 unspecified atom stereocenters. The molecule has 0 radical (unpaired) electrons. The van der Waals surface area contributed by atoms with Crippen molar-refractivity contribution in [1.29, 1.82) is 5.26 Å². The van der Waals surface area contributed by atoms with Gasteiger partial charge in [-0.2, -0.15) is 5.26 Å². The maximum atomic E-state index is 9.07. The lowest BCUT2D eigenvalue weighted by Gasteiger charge is -2.33. The number of para-hydroxylation sites is 1. The van der Waals surface area contributed by atoms with Crippen molar-refractivity contribution in [3.05, 3.63) is 59.2 Å². The van der Waals surface area contributed by atoms with Gasteiger partial charge in [-0.25, -0.2) is 0 Å². The van der Waals surface area contributed by atoms with Crippen molar-refractivity contribution in [1.82, 2.24) is 0 Å². The summed E-state index contributed by atoms with van der Waals surface area (Å²) < 4.78 is 5.79. The number of benzene rings is 2. The van der Waals surface area contributed by atoms with E-state index in [-0.39, 0.29) is 6.04 Å². The first kappa shape index (κ1) is 13.5. The summed E-state index contributed by atoms with van der Waals surface area (Å²) in [5, 5.41) is 12.7. The first-order valence-corrected chi connectivity index (χ1v) is 7.18. The van der Waals surface area contributed by atoms with Crippen LogP contribution < -0.4 is 10.1 Å². The highest BCUT2D eigenvalue weighted by Crippen LogP contribution is 2.37. The highest BCUT2D eigenvalue weighted by atomic mass is 16.5. The molecule has 0 aliphatic carbocycles. The van der Waals surface area contributed by atoms with Crippen LogP contribution in [0.1, 0.15) is 29.7 Å². The largest absolute Gasteiger partial charge is 0.493 e. The Morgan fingerprint density at radius 3 is 2.86 bits per heavy atom. The Morgan fingerprint density at radius 1 is 1.24 bits per heavy atom. The highest BCUT2D eigenvalue weighted by Gasteiger charge is 2.27. The molecule has 2 aromatic carbocycles. The van der Waals surface area contributed by atoms with Crippen LogP contribution in [0, 0.1) is 24.2 Å². The van der Waals surface area contributed by atoms with Crippen LogP contribution in [0.3, 0.4) is 0 Å². The van der Waals surface area contributed by atoms with Crippen LogP contribution in [0.2, 0.25) is 0 Å². The Morgan fingerprint density at radius 2 is 2.05 bits per heavy atom. The second-order valence-electron chi connectivity index (χ2n) is 5.59. The first-order valence-electron chi connectivity index (χ1n) is 7.18. The van der Waals surface area contributed by atoms with Gasteiger partial charge in [0.15, 0.2) is 0 Å². The normalized spacial score (nSPS) is 20.0. The van der Waals surface area contributed by atoms with Crippen molar-refractivity contribution in [2.75, 3.05) is 11.9 Å². The molecule has 2 atom stereocenters. The fourth-order valence-corrected chi connectivity index (χ4v) is 2.73. The molecule has 1 N–H and O–H groups in total. The molecule has 0 spiro atoms. The Balaban J connectivity index is 1.96. The number of nitrogens with zero attached hydrogens (tertiary/aromatic N) is 1. The lowest BCUT2D eigenvalue weighted by atomic mass is 9.91. The van der Waals surface area contributed by atoms with E-state index in [9.17, 15) is 0 Å². The van der Waals surface area contributed by atoms with E-state index in [2.05, 4.69) is 31.3 Å². The predicted molar refractivity (Wildman–Crippen MR) is 83.4 cm³/mol. The quantitative estimate of drug-likeness (QED) is 0.901. The maximum Gasteiger partial charge on any atom is 0.124 e. The number of fused-ring (bicyclic) bond motifs is 1. The highest BCUT2D eigenvalue weighted by molar-refractivity contribution is 5.57. The minimum Gasteiger partial charge on any atom is -0.493 e. The lowest BCUT2D eigenvalue weighted by molar-refractivity contribution is 0.214. The number of nitrogens with one attached hydrogen (secondary N) is 1. The fraction of sp³-hybridized carbons (Fsp3) is 0.278. The minimum absolute atomic E-state index is 0.197. The van der Waals surface area contributed by atoms with E-state index in [0.29, 0.717) is 18.1 Å². The van der Waals surface area contributed by atoms with Crippen LogP contribution in [-0.2, 0) is 0 Å². The molecular formula is C18H18N2O. The monoisotopic (exact) mass is 278 g/mol. The maximum absolute atomic E-state index is 9.07. The number of anilines is 1. The molecule has 3 rings (SSSR count). The Kier molecular flexibility index (Phi) is 3.53. The van der Waals surface area contributed by atoms with E-state index in [4.69, 9.17) is 10.00 Å². The number of nitriles is 1. The summed E-state index contributed by atoms with van der Waals surface area (Å²) in [6.45, 7) is 4.93. The van der Waals surface area contributed by atoms with Crippen LogP contribution in [-0.4, -0.2) is 6.61 Å². The van der Waals surface area contributed by atoms with E-state index >= 15 is 0 Å². The van der Waals surface area contributed by atoms with Crippen molar-refractivity contribution >= 4 is 5.69 Å². The average molecular weight is 278 g/mol. The summed E-state index contributed by atoms with van der Waals surface area (Å²) >= 11 is 0. The number of rotatable bonds is 2. The van der Waals surface area contributed by atoms with Gasteiger partial charge in [-0.1, -0.05) is 31.2 Å². The van der Waals surface area contributed by atoms with Crippen LogP contribution in [0.5, 0.6) is 5.75 Å². The second kappa shape index (κ2) is 5.49. The van der Waals surface area contributed by atoms with Gasteiger partial charge < -0.3 is 10.1 Å². The van der Waals surface area contributed by atoms with Crippen molar-refractivity contribution in [3.8, 4) is 11.8 Å². The molecule has 1 aliphatic heterocycles. The fourth-order valence-electron chi connectivity index (χ4n) is 2.73. The molecule has 0 saturated carbocycles. The molecular weight excluding hydrogens is 260 g/mol. The van der Waals surface area contributed by atoms with Crippen LogP contribution >= 0.6 is 0 Å². The summed E-state index contributed by atoms with van der Waals surface area (Å²) in [6, 6.07) is 16.3. The smallest absolute Gasteiger partial charge is 0.124 e. The van der Waals surface area contributed by atoms with Gasteiger partial charge in [0.1, 0.15) is 5.75 Å². The number of hydrogen-bond donors (Lipinski definition) is 1. The van der Waals surface area contributed by atoms with Gasteiger partial charge >= 0.3 is 0 Å². The summed E-state index contributed by atoms with van der Waals surface area (Å²) in [5.41, 5.74) is 4.02. The van der Waals surface area contributed by atoms with Gasteiger partial charge in [0.05, 0.1) is 24.3 Å². The van der Waals surface area contributed by atoms with E-state index < -0.39 is 0 Å². The third-order valence-corrected chi connectivity index (χ3v) is 4.00. The molecule has 3 nitrogen and oxygen atoms in total. The van der Waals surface area contributed by atoms with Gasteiger partial charge in [0.2, 0.25) is 0 Å². The van der Waals surface area contributed by atoms with E-state index in [1.165, 1.54) is 5.56 Å². The van der Waals surface area contributed by atoms with Gasteiger partial charge in [0.25, 0.3) is 0 Å². The number of ether oxygens (including phenoxy) is 1. The standard InChI is InChI=1S/C18H18N2O/c1-12-7-8-14(10-19)9-16(12)20-18-13(2)11-21-17-6-4-3-5-15(17)18/h3-9,13,18,20H,11H2,1-2H3. The molecule has 1 aliphatic rings. The second-order valence-corrected chi connectivity index (χ2v) is 5.59. The molecule has 3 heteroatoms. The van der Waals surface area contributed by atoms with Crippen LogP contribution in [0.4, 0.5) is 5.69 Å². The molecule has 0 amide bonds. The molecule has 0 bridgehead atoms. The van der Waals surface area contributed by atoms with Crippen molar-refractivity contribution < 1.29 is 4.74 Å². The lowest BCUT2D eigenvalue weighted by Crippen LogP contribution is -2.29.